The van der Waals surface area contributed by atoms with E-state index in [-0.39, 0.29) is 5.91 Å². The number of carbonyl (C=O) groups excluding carboxylic acids is 1. The number of amides is 1. The fraction of sp³-hybridized carbons (Fsp3) is 0.190. The molecule has 0 atom stereocenters. The van der Waals surface area contributed by atoms with Gasteiger partial charge in [0.2, 0.25) is 0 Å². The number of para-hydroxylation sites is 1. The molecule has 5 nitrogen and oxygen atoms in total. The average Bonchev–Trinajstić information content (AvgIpc) is 3.09. The third kappa shape index (κ3) is 3.04. The number of nitrogens with one attached hydrogen (secondary N) is 1. The van der Waals surface area contributed by atoms with Crippen LogP contribution in [0.4, 0.5) is 17.2 Å². The molecule has 130 valence electrons. The van der Waals surface area contributed by atoms with Crippen molar-refractivity contribution in [2.45, 2.75) is 20.3 Å². The van der Waals surface area contributed by atoms with Gasteiger partial charge in [0.05, 0.1) is 0 Å². The molecule has 0 unspecified atom stereocenters. The Kier molecular flexibility index (Phi) is 4.13. The van der Waals surface area contributed by atoms with Crippen LogP contribution in [0.25, 0.3) is 0 Å². The second-order valence-electron chi connectivity index (χ2n) is 6.58. The second kappa shape index (κ2) is 6.59. The summed E-state index contributed by atoms with van der Waals surface area (Å²) in [5.74, 6) is 0.512. The van der Waals surface area contributed by atoms with Crippen LogP contribution < -0.4 is 10.2 Å². The average molecular weight is 344 g/mol. The van der Waals surface area contributed by atoms with Crippen LogP contribution in [-0.4, -0.2) is 22.6 Å². The highest BCUT2D eigenvalue weighted by Gasteiger charge is 2.21. The molecule has 1 amide bonds. The van der Waals surface area contributed by atoms with Crippen molar-refractivity contribution >= 4 is 23.1 Å². The van der Waals surface area contributed by atoms with E-state index in [1.807, 2.05) is 44.2 Å². The monoisotopic (exact) mass is 344 g/mol. The van der Waals surface area contributed by atoms with E-state index in [0.29, 0.717) is 5.69 Å². The van der Waals surface area contributed by atoms with Gasteiger partial charge in [-0.3, -0.25) is 4.79 Å². The van der Waals surface area contributed by atoms with Crippen LogP contribution in [0.1, 0.15) is 27.2 Å². The van der Waals surface area contributed by atoms with Gasteiger partial charge in [0.1, 0.15) is 0 Å². The molecule has 0 saturated carbocycles. The molecule has 1 aliphatic heterocycles. The molecule has 1 aliphatic rings. The summed E-state index contributed by atoms with van der Waals surface area (Å²) < 4.78 is 0. The highest BCUT2D eigenvalue weighted by Crippen LogP contribution is 2.32. The van der Waals surface area contributed by atoms with Gasteiger partial charge in [-0.05, 0) is 61.2 Å². The van der Waals surface area contributed by atoms with Gasteiger partial charge in [-0.2, -0.15) is 0 Å². The van der Waals surface area contributed by atoms with Crippen LogP contribution in [0.5, 0.6) is 0 Å². The predicted molar refractivity (Wildman–Crippen MR) is 103 cm³/mol. The molecule has 3 aromatic rings. The Hall–Kier alpha value is -3.21. The van der Waals surface area contributed by atoms with Crippen molar-refractivity contribution in [1.82, 2.24) is 10.2 Å². The smallest absolute Gasteiger partial charge is 0.276 e. The summed E-state index contributed by atoms with van der Waals surface area (Å²) in [6, 6.07) is 17.8. The van der Waals surface area contributed by atoms with E-state index < -0.39 is 0 Å². The molecule has 0 fully saturated rings. The standard InChI is InChI=1S/C21H20N4O/c1-14-7-8-15(2)18(13-14)22-21(26)17-9-10-20(24-23-17)25-12-11-16-5-3-4-6-19(16)25/h3-10,13H,11-12H2,1-2H3,(H,22,26). The first-order chi connectivity index (χ1) is 12.6. The highest BCUT2D eigenvalue weighted by molar-refractivity contribution is 6.03. The maximum atomic E-state index is 12.5. The molecule has 0 bridgehead atoms. The lowest BCUT2D eigenvalue weighted by Crippen LogP contribution is -2.18. The maximum absolute atomic E-state index is 12.5. The largest absolute Gasteiger partial charge is 0.324 e. The summed E-state index contributed by atoms with van der Waals surface area (Å²) in [6.07, 6.45) is 0.993. The third-order valence-corrected chi connectivity index (χ3v) is 4.69. The second-order valence-corrected chi connectivity index (χ2v) is 6.58. The summed E-state index contributed by atoms with van der Waals surface area (Å²) in [5.41, 5.74) is 5.69. The zero-order valence-corrected chi connectivity index (χ0v) is 14.9. The quantitative estimate of drug-likeness (QED) is 0.779. The fourth-order valence-corrected chi connectivity index (χ4v) is 3.22. The van der Waals surface area contributed by atoms with Gasteiger partial charge in [-0.1, -0.05) is 30.3 Å². The molecular weight excluding hydrogens is 324 g/mol. The number of hydrogen-bond donors (Lipinski definition) is 1. The van der Waals surface area contributed by atoms with E-state index >= 15 is 0 Å². The van der Waals surface area contributed by atoms with E-state index in [2.05, 4.69) is 38.6 Å². The molecular formula is C21H20N4O. The Morgan fingerprint density at radius 2 is 1.88 bits per heavy atom. The lowest BCUT2D eigenvalue weighted by molar-refractivity contribution is 0.102. The minimum atomic E-state index is -0.250. The lowest BCUT2D eigenvalue weighted by atomic mass is 10.1. The van der Waals surface area contributed by atoms with E-state index in [1.54, 1.807) is 6.07 Å². The number of aromatic nitrogens is 2. The van der Waals surface area contributed by atoms with Crippen molar-refractivity contribution in [3.05, 3.63) is 77.0 Å². The van der Waals surface area contributed by atoms with Gasteiger partial charge >= 0.3 is 0 Å². The number of nitrogens with zero attached hydrogens (tertiary/aromatic N) is 3. The molecule has 4 rings (SSSR count). The number of benzene rings is 2. The van der Waals surface area contributed by atoms with Gasteiger partial charge in [-0.15, -0.1) is 10.2 Å². The Bertz CT molecular complexity index is 966. The van der Waals surface area contributed by atoms with Gasteiger partial charge < -0.3 is 10.2 Å². The molecule has 0 spiro atoms. The van der Waals surface area contributed by atoms with E-state index in [1.165, 1.54) is 5.56 Å². The third-order valence-electron chi connectivity index (χ3n) is 4.69. The number of aryl methyl sites for hydroxylation is 2. The number of anilines is 3. The number of carbonyl (C=O) groups is 1. The molecule has 26 heavy (non-hydrogen) atoms. The number of hydrogen-bond acceptors (Lipinski definition) is 4. The molecule has 0 aliphatic carbocycles. The molecule has 1 N–H and O–H groups in total. The van der Waals surface area contributed by atoms with Crippen molar-refractivity contribution < 1.29 is 4.79 Å². The summed E-state index contributed by atoms with van der Waals surface area (Å²) in [6.45, 7) is 4.84. The molecule has 0 saturated heterocycles. The highest BCUT2D eigenvalue weighted by atomic mass is 16.1. The molecule has 2 heterocycles. The maximum Gasteiger partial charge on any atom is 0.276 e. The zero-order chi connectivity index (χ0) is 18.1. The SMILES string of the molecule is Cc1ccc(C)c(NC(=O)c2ccc(N3CCc4ccccc43)nn2)c1. The summed E-state index contributed by atoms with van der Waals surface area (Å²) in [7, 11) is 0. The molecule has 5 heteroatoms. The van der Waals surface area contributed by atoms with Crippen LogP contribution in [0.3, 0.4) is 0 Å². The molecule has 1 aromatic heterocycles. The fourth-order valence-electron chi connectivity index (χ4n) is 3.22. The summed E-state index contributed by atoms with van der Waals surface area (Å²) in [4.78, 5) is 14.6. The normalized spacial score (nSPS) is 12.8. The van der Waals surface area contributed by atoms with Gasteiger partial charge in [-0.25, -0.2) is 0 Å². The van der Waals surface area contributed by atoms with E-state index in [4.69, 9.17) is 0 Å². The predicted octanol–water partition coefficient (Wildman–Crippen LogP) is 4.04. The van der Waals surface area contributed by atoms with E-state index in [0.717, 1.165) is 41.3 Å². The topological polar surface area (TPSA) is 58.1 Å². The Labute approximate surface area is 152 Å². The first-order valence-electron chi connectivity index (χ1n) is 8.69. The lowest BCUT2D eigenvalue weighted by Gasteiger charge is -2.17. The number of rotatable bonds is 3. The van der Waals surface area contributed by atoms with E-state index in [9.17, 15) is 4.79 Å². The summed E-state index contributed by atoms with van der Waals surface area (Å²) >= 11 is 0. The van der Waals surface area contributed by atoms with Crippen LogP contribution in [-0.2, 0) is 6.42 Å². The van der Waals surface area contributed by atoms with Crippen molar-refractivity contribution in [3.8, 4) is 0 Å². The van der Waals surface area contributed by atoms with Crippen LogP contribution in [0, 0.1) is 13.8 Å². The Morgan fingerprint density at radius 3 is 2.69 bits per heavy atom. The van der Waals surface area contributed by atoms with Gasteiger partial charge in [0, 0.05) is 17.9 Å². The van der Waals surface area contributed by atoms with Crippen LogP contribution in [0.2, 0.25) is 0 Å². The van der Waals surface area contributed by atoms with Crippen molar-refractivity contribution in [2.75, 3.05) is 16.8 Å². The minimum absolute atomic E-state index is 0.250. The Balaban J connectivity index is 1.53. The number of fused-ring (bicyclic) bond motifs is 1. The van der Waals surface area contributed by atoms with Gasteiger partial charge in [0.15, 0.2) is 11.5 Å². The first kappa shape index (κ1) is 16.3. The van der Waals surface area contributed by atoms with Crippen molar-refractivity contribution in [2.24, 2.45) is 0 Å². The minimum Gasteiger partial charge on any atom is -0.324 e. The van der Waals surface area contributed by atoms with Crippen LogP contribution >= 0.6 is 0 Å². The Morgan fingerprint density at radius 1 is 1.04 bits per heavy atom. The molecule has 2 aromatic carbocycles. The van der Waals surface area contributed by atoms with Crippen LogP contribution in [0.15, 0.2) is 54.6 Å². The van der Waals surface area contributed by atoms with Crippen molar-refractivity contribution in [1.29, 1.82) is 0 Å². The molecule has 0 radical (unpaired) electrons. The summed E-state index contributed by atoms with van der Waals surface area (Å²) in [5, 5.41) is 11.3. The van der Waals surface area contributed by atoms with Gasteiger partial charge in [0.25, 0.3) is 5.91 Å². The zero-order valence-electron chi connectivity index (χ0n) is 14.9. The first-order valence-corrected chi connectivity index (χ1v) is 8.69. The van der Waals surface area contributed by atoms with Crippen molar-refractivity contribution in [3.63, 3.8) is 0 Å².